The highest BCUT2D eigenvalue weighted by molar-refractivity contribution is 5.89. The van der Waals surface area contributed by atoms with Gasteiger partial charge in [0.25, 0.3) is 0 Å². The van der Waals surface area contributed by atoms with E-state index in [-0.39, 0.29) is 38.6 Å². The SMILES string of the molecule is COC(=O)[C@@H]1O[C@@H](O[C@H]2[C@H](OCc3ccccc3)[C@@H](NC(C)=O)[C@@H](OC(C)C)O[C@@H]2COC(=O)c2ccccc2)[C@H](OC(=O)C(C)(C)C)[C@@H](OCc2ccccc2)[C@@H]1O[C@H]1O[C@H](COCc2ccccc2)[C@@H](O)[C@H](OCc2ccccc2)[C@H]1N=[N+]=[N-]. The quantitative estimate of drug-likeness (QED) is 0.0175. The first-order valence-electron chi connectivity index (χ1n) is 28.5. The Labute approximate surface area is 500 Å². The van der Waals surface area contributed by atoms with E-state index in [1.165, 1.54) is 6.92 Å². The van der Waals surface area contributed by atoms with E-state index in [1.807, 2.05) is 97.1 Å². The molecule has 0 unspecified atom stereocenters. The standard InChI is InChI=1S/C64H76N4O18/c1-39(2)80-60-48(66-40(3)69)53(77-35-43-27-17-10-18-28-43)51(47(82-60)38-79-58(71)45-31-21-12-22-32-45)83-62-57(86-63(73)64(4,5)6)54(78-36-44-29-19-11-20-30-44)55(56(85-62)59(72)74-7)84-61-49(67-68-65)52(76-34-42-25-15-9-16-26-42)50(70)46(81-61)37-75-33-41-23-13-8-14-24-41/h8-32,39,46-57,60-62,70H,33-38H2,1-7H3,(H,66,69)/t46-,47-,48-,49-,50-,51-,52-,53-,54+,55+,56-,57-,60+,61-,62-/m1/s1. The molecule has 22 heteroatoms. The molecule has 86 heavy (non-hydrogen) atoms. The van der Waals surface area contributed by atoms with Gasteiger partial charge >= 0.3 is 17.9 Å². The van der Waals surface area contributed by atoms with Gasteiger partial charge in [-0.15, -0.1) is 0 Å². The molecule has 5 aromatic carbocycles. The summed E-state index contributed by atoms with van der Waals surface area (Å²) in [7, 11) is 1.13. The number of carbonyl (C=O) groups excluding carboxylic acids is 4. The number of rotatable bonds is 26. The number of ether oxygens (including phenoxy) is 13. The molecule has 0 aliphatic carbocycles. The number of methoxy groups -OCH3 is 1. The Bertz CT molecular complexity index is 2960. The Hall–Kier alpha value is -7.15. The van der Waals surface area contributed by atoms with Gasteiger partial charge in [-0.2, -0.15) is 0 Å². The fraction of sp³-hybridized carbons (Fsp3) is 0.469. The first-order valence-corrected chi connectivity index (χ1v) is 28.5. The largest absolute Gasteiger partial charge is 0.467 e. The zero-order valence-corrected chi connectivity index (χ0v) is 49.1. The van der Waals surface area contributed by atoms with E-state index in [0.29, 0.717) is 5.56 Å². The number of hydrogen-bond acceptors (Lipinski definition) is 19. The first-order chi connectivity index (χ1) is 41.5. The van der Waals surface area contributed by atoms with E-state index in [2.05, 4.69) is 15.3 Å². The fourth-order valence-electron chi connectivity index (χ4n) is 9.98. The molecule has 8 rings (SSSR count). The second kappa shape index (κ2) is 31.5. The molecule has 15 atom stereocenters. The summed E-state index contributed by atoms with van der Waals surface area (Å²) in [6.07, 6.45) is -20.1. The predicted octanol–water partition coefficient (Wildman–Crippen LogP) is 7.86. The molecular formula is C64H76N4O18. The van der Waals surface area contributed by atoms with Gasteiger partial charge in [-0.1, -0.05) is 145 Å². The second-order valence-electron chi connectivity index (χ2n) is 22.2. The third kappa shape index (κ3) is 17.7. The van der Waals surface area contributed by atoms with Crippen LogP contribution in [0, 0.1) is 5.41 Å². The highest BCUT2D eigenvalue weighted by Gasteiger charge is 2.59. The maximum Gasteiger partial charge on any atom is 0.338 e. The van der Waals surface area contributed by atoms with Crippen LogP contribution < -0.4 is 5.32 Å². The lowest BCUT2D eigenvalue weighted by atomic mass is 9.93. The normalized spacial score (nSPS) is 27.5. The van der Waals surface area contributed by atoms with Crippen LogP contribution in [0.1, 0.15) is 74.2 Å². The van der Waals surface area contributed by atoms with Crippen LogP contribution in [0.2, 0.25) is 0 Å². The van der Waals surface area contributed by atoms with Crippen molar-refractivity contribution >= 4 is 23.8 Å². The third-order valence-electron chi connectivity index (χ3n) is 14.3. The lowest BCUT2D eigenvalue weighted by Gasteiger charge is -2.51. The number of esters is 3. The summed E-state index contributed by atoms with van der Waals surface area (Å²) in [6.45, 7) is 8.89. The molecule has 3 aliphatic heterocycles. The van der Waals surface area contributed by atoms with Crippen molar-refractivity contribution in [3.63, 3.8) is 0 Å². The van der Waals surface area contributed by atoms with E-state index in [1.54, 1.807) is 89.2 Å². The molecule has 0 radical (unpaired) electrons. The maximum atomic E-state index is 14.7. The molecular weight excluding hydrogens is 1110 g/mol. The minimum Gasteiger partial charge on any atom is -0.467 e. The average Bonchev–Trinajstić information content (AvgIpc) is 1.13. The van der Waals surface area contributed by atoms with Crippen molar-refractivity contribution in [2.45, 2.75) is 166 Å². The number of aliphatic hydroxyl groups is 1. The Kier molecular flexibility index (Phi) is 23.7. The van der Waals surface area contributed by atoms with Gasteiger partial charge in [-0.25, -0.2) is 9.59 Å². The Morgan fingerprint density at radius 1 is 0.616 bits per heavy atom. The maximum absolute atomic E-state index is 14.7. The van der Waals surface area contributed by atoms with Crippen LogP contribution in [0.15, 0.2) is 157 Å². The molecule has 3 fully saturated rings. The van der Waals surface area contributed by atoms with E-state index in [9.17, 15) is 29.8 Å². The van der Waals surface area contributed by atoms with Gasteiger partial charge in [0.15, 0.2) is 31.1 Å². The first kappa shape index (κ1) is 64.8. The molecule has 0 bridgehead atoms. The highest BCUT2D eigenvalue weighted by atomic mass is 16.8. The van der Waals surface area contributed by atoms with Crippen molar-refractivity contribution in [1.82, 2.24) is 5.32 Å². The van der Waals surface area contributed by atoms with Gasteiger partial charge in [0.2, 0.25) is 5.91 Å². The van der Waals surface area contributed by atoms with Gasteiger partial charge in [0, 0.05) is 11.8 Å². The highest BCUT2D eigenvalue weighted by Crippen LogP contribution is 2.39. The van der Waals surface area contributed by atoms with Crippen molar-refractivity contribution in [2.75, 3.05) is 20.3 Å². The van der Waals surface area contributed by atoms with Crippen molar-refractivity contribution in [3.05, 3.63) is 190 Å². The van der Waals surface area contributed by atoms with Gasteiger partial charge in [0.05, 0.1) is 63.3 Å². The Morgan fingerprint density at radius 2 is 1.12 bits per heavy atom. The molecule has 3 saturated heterocycles. The van der Waals surface area contributed by atoms with Gasteiger partial charge in [0.1, 0.15) is 61.4 Å². The smallest absolute Gasteiger partial charge is 0.338 e. The predicted molar refractivity (Wildman–Crippen MR) is 308 cm³/mol. The number of azide groups is 1. The number of benzene rings is 5. The molecule has 3 heterocycles. The number of nitrogens with zero attached hydrogens (tertiary/aromatic N) is 3. The average molecular weight is 1190 g/mol. The van der Waals surface area contributed by atoms with Gasteiger partial charge in [-0.05, 0) is 74.5 Å². The molecule has 0 aromatic heterocycles. The number of aliphatic hydroxyl groups excluding tert-OH is 1. The third-order valence-corrected chi connectivity index (χ3v) is 14.3. The van der Waals surface area contributed by atoms with Crippen LogP contribution in [0.3, 0.4) is 0 Å². The van der Waals surface area contributed by atoms with E-state index in [0.717, 1.165) is 23.8 Å². The molecule has 3 aliphatic rings. The van der Waals surface area contributed by atoms with Gasteiger partial charge < -0.3 is 72.0 Å². The van der Waals surface area contributed by atoms with Crippen LogP contribution in [-0.2, 0) is 102 Å². The number of carbonyl (C=O) groups is 4. The molecule has 0 spiro atoms. The number of hydrogen-bond donors (Lipinski definition) is 2. The minimum absolute atomic E-state index is 0.0468. The molecule has 460 valence electrons. The fourth-order valence-corrected chi connectivity index (χ4v) is 9.98. The summed E-state index contributed by atoms with van der Waals surface area (Å²) in [5, 5.41) is 19.1. The number of amides is 1. The van der Waals surface area contributed by atoms with Crippen LogP contribution in [0.5, 0.6) is 0 Å². The van der Waals surface area contributed by atoms with E-state index < -0.39 is 134 Å². The zero-order chi connectivity index (χ0) is 61.2. The van der Waals surface area contributed by atoms with Crippen LogP contribution in [0.25, 0.3) is 10.4 Å². The Balaban J connectivity index is 1.24. The summed E-state index contributed by atoms with van der Waals surface area (Å²) in [6, 6.07) is 42.3. The van der Waals surface area contributed by atoms with Crippen molar-refractivity contribution in [1.29, 1.82) is 0 Å². The van der Waals surface area contributed by atoms with Crippen molar-refractivity contribution in [3.8, 4) is 0 Å². The van der Waals surface area contributed by atoms with Crippen molar-refractivity contribution in [2.24, 2.45) is 10.5 Å². The monoisotopic (exact) mass is 1190 g/mol. The zero-order valence-electron chi connectivity index (χ0n) is 49.1. The summed E-state index contributed by atoms with van der Waals surface area (Å²) < 4.78 is 84.6. The number of nitrogens with one attached hydrogen (secondary N) is 1. The summed E-state index contributed by atoms with van der Waals surface area (Å²) >= 11 is 0. The molecule has 0 saturated carbocycles. The molecule has 2 N–H and O–H groups in total. The minimum atomic E-state index is -1.86. The molecule has 5 aromatic rings. The van der Waals surface area contributed by atoms with Crippen LogP contribution in [0.4, 0.5) is 0 Å². The van der Waals surface area contributed by atoms with Crippen molar-refractivity contribution < 1.29 is 85.9 Å². The topological polar surface area (TPSA) is 269 Å². The van der Waals surface area contributed by atoms with Gasteiger partial charge in [-0.3, -0.25) is 9.59 Å². The lowest BCUT2D eigenvalue weighted by Crippen LogP contribution is -2.70. The van der Waals surface area contributed by atoms with Crippen LogP contribution >= 0.6 is 0 Å². The summed E-state index contributed by atoms with van der Waals surface area (Å²) in [5.74, 6) is -3.00. The lowest BCUT2D eigenvalue weighted by molar-refractivity contribution is -0.370. The van der Waals surface area contributed by atoms with Crippen LogP contribution in [-0.4, -0.2) is 147 Å². The molecule has 22 nitrogen and oxygen atoms in total. The molecule has 1 amide bonds. The van der Waals surface area contributed by atoms with E-state index >= 15 is 0 Å². The summed E-state index contributed by atoms with van der Waals surface area (Å²) in [4.78, 5) is 59.5. The van der Waals surface area contributed by atoms with E-state index in [4.69, 9.17) is 61.6 Å². The Morgan fingerprint density at radius 3 is 1.63 bits per heavy atom. The second-order valence-corrected chi connectivity index (χ2v) is 22.2. The summed E-state index contributed by atoms with van der Waals surface area (Å²) in [5.41, 5.74) is 12.2.